The van der Waals surface area contributed by atoms with Crippen LogP contribution in [0.4, 0.5) is 11.4 Å². The Kier molecular flexibility index (Phi) is 6.60. The third-order valence-corrected chi connectivity index (χ3v) is 5.47. The van der Waals surface area contributed by atoms with Crippen molar-refractivity contribution in [3.63, 3.8) is 0 Å². The van der Waals surface area contributed by atoms with Crippen LogP contribution in [0.25, 0.3) is 6.08 Å². The van der Waals surface area contributed by atoms with Gasteiger partial charge in [0.25, 0.3) is 11.8 Å². The first kappa shape index (κ1) is 23.4. The van der Waals surface area contributed by atoms with Crippen molar-refractivity contribution >= 4 is 69.8 Å². The molecule has 8 nitrogen and oxygen atoms in total. The first-order valence-corrected chi connectivity index (χ1v) is 10.8. The molecular formula is C23H13Cl2N3O5S. The number of ether oxygens (including phenoxy) is 1. The predicted molar refractivity (Wildman–Crippen MR) is 132 cm³/mol. The first-order valence-electron chi connectivity index (χ1n) is 9.62. The molecule has 0 bridgehead atoms. The average molecular weight is 514 g/mol. The van der Waals surface area contributed by atoms with Crippen molar-refractivity contribution in [2.75, 3.05) is 4.90 Å². The van der Waals surface area contributed by atoms with Gasteiger partial charge in [-0.05, 0) is 72.4 Å². The van der Waals surface area contributed by atoms with Gasteiger partial charge in [0.05, 0.1) is 10.6 Å². The van der Waals surface area contributed by atoms with Crippen molar-refractivity contribution in [3.8, 4) is 11.5 Å². The zero-order valence-electron chi connectivity index (χ0n) is 17.0. The highest BCUT2D eigenvalue weighted by Gasteiger charge is 2.34. The summed E-state index contributed by atoms with van der Waals surface area (Å²) in [6.07, 6.45) is 1.25. The van der Waals surface area contributed by atoms with Gasteiger partial charge in [0.1, 0.15) is 11.3 Å². The van der Waals surface area contributed by atoms with Crippen molar-refractivity contribution < 1.29 is 19.2 Å². The topological polar surface area (TPSA) is 102 Å². The molecule has 1 saturated heterocycles. The SMILES string of the molecule is O=C1NC(=S)N(c2ccc(Cl)cc2)C(=O)/C1=C/c1ccc(Oc2cccc(Cl)c2)c([N+](=O)[O-])c1. The highest BCUT2D eigenvalue weighted by molar-refractivity contribution is 7.80. The molecule has 1 heterocycles. The van der Waals surface area contributed by atoms with Gasteiger partial charge in [0.15, 0.2) is 5.11 Å². The molecule has 3 aromatic rings. The van der Waals surface area contributed by atoms with Crippen LogP contribution in [0.1, 0.15) is 5.56 Å². The number of carbonyl (C=O) groups excluding carboxylic acids is 2. The minimum Gasteiger partial charge on any atom is -0.450 e. The molecule has 1 aliphatic rings. The van der Waals surface area contributed by atoms with Crippen LogP contribution in [0.2, 0.25) is 10.0 Å². The van der Waals surface area contributed by atoms with E-state index in [2.05, 4.69) is 5.32 Å². The second-order valence-electron chi connectivity index (χ2n) is 6.98. The first-order chi connectivity index (χ1) is 16.2. The maximum absolute atomic E-state index is 13.1. The quantitative estimate of drug-likeness (QED) is 0.158. The molecule has 0 atom stereocenters. The van der Waals surface area contributed by atoms with E-state index in [0.29, 0.717) is 21.5 Å². The van der Waals surface area contributed by atoms with E-state index < -0.39 is 16.7 Å². The van der Waals surface area contributed by atoms with Crippen LogP contribution in [-0.2, 0) is 9.59 Å². The van der Waals surface area contributed by atoms with E-state index in [1.807, 2.05) is 0 Å². The molecule has 4 rings (SSSR count). The van der Waals surface area contributed by atoms with Crippen molar-refractivity contribution in [2.45, 2.75) is 0 Å². The zero-order valence-corrected chi connectivity index (χ0v) is 19.4. The summed E-state index contributed by atoms with van der Waals surface area (Å²) >= 11 is 17.0. The number of hydrogen-bond acceptors (Lipinski definition) is 6. The van der Waals surface area contributed by atoms with Gasteiger partial charge in [-0.1, -0.05) is 35.3 Å². The van der Waals surface area contributed by atoms with E-state index in [9.17, 15) is 19.7 Å². The number of hydrogen-bond donors (Lipinski definition) is 1. The molecule has 170 valence electrons. The van der Waals surface area contributed by atoms with E-state index in [1.54, 1.807) is 42.5 Å². The number of rotatable bonds is 5. The zero-order chi connectivity index (χ0) is 24.4. The number of amides is 2. The van der Waals surface area contributed by atoms with E-state index >= 15 is 0 Å². The molecule has 11 heteroatoms. The van der Waals surface area contributed by atoms with Crippen molar-refractivity contribution in [2.24, 2.45) is 0 Å². The minimum absolute atomic E-state index is 0.0298. The number of anilines is 1. The molecule has 0 saturated carbocycles. The second-order valence-corrected chi connectivity index (χ2v) is 8.24. The van der Waals surface area contributed by atoms with Crippen LogP contribution in [0.5, 0.6) is 11.5 Å². The molecule has 34 heavy (non-hydrogen) atoms. The van der Waals surface area contributed by atoms with Crippen molar-refractivity contribution in [3.05, 3.63) is 98.0 Å². The summed E-state index contributed by atoms with van der Waals surface area (Å²) < 4.78 is 5.61. The molecule has 0 unspecified atom stereocenters. The second kappa shape index (κ2) is 9.60. The van der Waals surface area contributed by atoms with E-state index in [4.69, 9.17) is 40.2 Å². The van der Waals surface area contributed by atoms with Crippen molar-refractivity contribution in [1.82, 2.24) is 5.32 Å². The fourth-order valence-corrected chi connectivity index (χ4v) is 3.75. The van der Waals surface area contributed by atoms with E-state index in [-0.39, 0.29) is 27.7 Å². The van der Waals surface area contributed by atoms with E-state index in [1.165, 1.54) is 30.3 Å². The molecular weight excluding hydrogens is 501 g/mol. The Hall–Kier alpha value is -3.79. The van der Waals surface area contributed by atoms with Gasteiger partial charge in [0, 0.05) is 16.1 Å². The summed E-state index contributed by atoms with van der Waals surface area (Å²) in [5.74, 6) is -1.12. The molecule has 0 spiro atoms. The highest BCUT2D eigenvalue weighted by atomic mass is 35.5. The number of halogens is 2. The normalized spacial score (nSPS) is 14.8. The predicted octanol–water partition coefficient (Wildman–Crippen LogP) is 5.53. The summed E-state index contributed by atoms with van der Waals surface area (Å²) in [6, 6.07) is 16.8. The molecule has 1 fully saturated rings. The summed E-state index contributed by atoms with van der Waals surface area (Å²) in [4.78, 5) is 37.8. The van der Waals surface area contributed by atoms with Gasteiger partial charge < -0.3 is 4.74 Å². The Morgan fingerprint density at radius 2 is 1.74 bits per heavy atom. The Bertz CT molecular complexity index is 1380. The Morgan fingerprint density at radius 3 is 2.41 bits per heavy atom. The van der Waals surface area contributed by atoms with Crippen LogP contribution in [0.3, 0.4) is 0 Å². The molecule has 0 radical (unpaired) electrons. The van der Waals surface area contributed by atoms with Gasteiger partial charge >= 0.3 is 5.69 Å². The lowest BCUT2D eigenvalue weighted by molar-refractivity contribution is -0.385. The molecule has 3 aromatic carbocycles. The number of nitro benzene ring substituents is 1. The Balaban J connectivity index is 1.69. The fourth-order valence-electron chi connectivity index (χ4n) is 3.16. The molecule has 0 aromatic heterocycles. The largest absolute Gasteiger partial charge is 0.450 e. The number of nitrogens with zero attached hydrogens (tertiary/aromatic N) is 2. The van der Waals surface area contributed by atoms with Crippen LogP contribution in [0.15, 0.2) is 72.3 Å². The van der Waals surface area contributed by atoms with Crippen LogP contribution in [-0.4, -0.2) is 21.9 Å². The maximum Gasteiger partial charge on any atom is 0.312 e. The van der Waals surface area contributed by atoms with Gasteiger partial charge in [-0.2, -0.15) is 0 Å². The summed E-state index contributed by atoms with van der Waals surface area (Å²) in [5.41, 5.74) is 0.0403. The maximum atomic E-state index is 13.1. The number of nitrogens with one attached hydrogen (secondary N) is 1. The molecule has 1 aliphatic heterocycles. The smallest absolute Gasteiger partial charge is 0.312 e. The minimum atomic E-state index is -0.720. The number of thiocarbonyl (C=S) groups is 1. The summed E-state index contributed by atoms with van der Waals surface area (Å²) in [5, 5.41) is 14.9. The molecule has 0 aliphatic carbocycles. The number of carbonyl (C=O) groups is 2. The summed E-state index contributed by atoms with van der Waals surface area (Å²) in [6.45, 7) is 0. The summed E-state index contributed by atoms with van der Waals surface area (Å²) in [7, 11) is 0. The average Bonchev–Trinajstić information content (AvgIpc) is 2.78. The standard InChI is InChI=1S/C23H13Cl2N3O5S/c24-14-5-7-16(8-6-14)27-22(30)18(21(29)26-23(27)34)10-13-4-9-20(19(11-13)28(31)32)33-17-3-1-2-15(25)12-17/h1-12H,(H,26,29,34)/b18-10+. The third kappa shape index (κ3) is 4.91. The lowest BCUT2D eigenvalue weighted by Gasteiger charge is -2.28. The fraction of sp³-hybridized carbons (Fsp3) is 0. The lowest BCUT2D eigenvalue weighted by Crippen LogP contribution is -2.54. The number of nitro groups is 1. The lowest BCUT2D eigenvalue weighted by atomic mass is 10.1. The Labute approximate surface area is 208 Å². The van der Waals surface area contributed by atoms with Crippen LogP contribution >= 0.6 is 35.4 Å². The van der Waals surface area contributed by atoms with E-state index in [0.717, 1.165) is 4.90 Å². The monoisotopic (exact) mass is 513 g/mol. The van der Waals surface area contributed by atoms with Gasteiger partial charge in [0.2, 0.25) is 5.75 Å². The molecule has 1 N–H and O–H groups in total. The molecule has 2 amide bonds. The van der Waals surface area contributed by atoms with Crippen LogP contribution < -0.4 is 15.0 Å². The third-order valence-electron chi connectivity index (χ3n) is 4.70. The number of benzene rings is 3. The highest BCUT2D eigenvalue weighted by Crippen LogP contribution is 2.34. The van der Waals surface area contributed by atoms with Crippen LogP contribution in [0, 0.1) is 10.1 Å². The van der Waals surface area contributed by atoms with Gasteiger partial charge in [-0.25, -0.2) is 0 Å². The van der Waals surface area contributed by atoms with Gasteiger partial charge in [-0.15, -0.1) is 0 Å². The van der Waals surface area contributed by atoms with Gasteiger partial charge in [-0.3, -0.25) is 29.9 Å². The van der Waals surface area contributed by atoms with Crippen molar-refractivity contribution in [1.29, 1.82) is 0 Å². The Morgan fingerprint density at radius 1 is 1.00 bits per heavy atom.